The van der Waals surface area contributed by atoms with Gasteiger partial charge in [-0.1, -0.05) is 6.42 Å². The van der Waals surface area contributed by atoms with Crippen molar-refractivity contribution >= 4 is 23.1 Å². The quantitative estimate of drug-likeness (QED) is 0.862. The molecule has 0 saturated carbocycles. The van der Waals surface area contributed by atoms with Gasteiger partial charge in [0, 0.05) is 11.4 Å². The van der Waals surface area contributed by atoms with Gasteiger partial charge in [0.2, 0.25) is 0 Å². The van der Waals surface area contributed by atoms with E-state index in [2.05, 4.69) is 0 Å². The predicted octanol–water partition coefficient (Wildman–Crippen LogP) is 2.70. The zero-order chi connectivity index (χ0) is 14.0. The standard InChI is InChI=1S/C14H19NO3S/c1-9(16)13-7-11(10(2)19-13)8-15-6-4-3-5-12(15)14(17)18/h7,12H,3-6,8H2,1-2H3,(H,17,18). The highest BCUT2D eigenvalue weighted by molar-refractivity contribution is 7.14. The molecule has 1 aliphatic rings. The summed E-state index contributed by atoms with van der Waals surface area (Å²) in [6.07, 6.45) is 2.75. The van der Waals surface area contributed by atoms with Crippen LogP contribution in [0.15, 0.2) is 6.07 Å². The first-order valence-corrected chi connectivity index (χ1v) is 7.38. The van der Waals surface area contributed by atoms with E-state index in [-0.39, 0.29) is 11.8 Å². The first-order chi connectivity index (χ1) is 8.99. The molecule has 5 heteroatoms. The lowest BCUT2D eigenvalue weighted by molar-refractivity contribution is -0.144. The summed E-state index contributed by atoms with van der Waals surface area (Å²) < 4.78 is 0. The van der Waals surface area contributed by atoms with Crippen LogP contribution in [0.4, 0.5) is 0 Å². The van der Waals surface area contributed by atoms with Crippen molar-refractivity contribution in [3.05, 3.63) is 21.4 Å². The first-order valence-electron chi connectivity index (χ1n) is 6.56. The maximum atomic E-state index is 11.4. The molecule has 1 fully saturated rings. The zero-order valence-corrected chi connectivity index (χ0v) is 12.1. The van der Waals surface area contributed by atoms with Crippen LogP contribution in [0.5, 0.6) is 0 Å². The molecule has 2 rings (SSSR count). The molecule has 0 amide bonds. The third-order valence-electron chi connectivity index (χ3n) is 3.64. The van der Waals surface area contributed by atoms with Crippen LogP contribution < -0.4 is 0 Å². The molecule has 1 N–H and O–H groups in total. The van der Waals surface area contributed by atoms with Crippen LogP contribution in [0.2, 0.25) is 0 Å². The zero-order valence-electron chi connectivity index (χ0n) is 11.3. The molecule has 1 atom stereocenters. The smallest absolute Gasteiger partial charge is 0.320 e. The van der Waals surface area contributed by atoms with E-state index in [9.17, 15) is 14.7 Å². The van der Waals surface area contributed by atoms with Crippen LogP contribution in [-0.2, 0) is 11.3 Å². The van der Waals surface area contributed by atoms with E-state index in [0.717, 1.165) is 41.1 Å². The molecule has 1 aliphatic heterocycles. The van der Waals surface area contributed by atoms with E-state index in [1.54, 1.807) is 6.92 Å². The number of carbonyl (C=O) groups excluding carboxylic acids is 1. The molecule has 4 nitrogen and oxygen atoms in total. The van der Waals surface area contributed by atoms with Gasteiger partial charge in [-0.2, -0.15) is 0 Å². The summed E-state index contributed by atoms with van der Waals surface area (Å²) in [7, 11) is 0. The third-order valence-corrected chi connectivity index (χ3v) is 4.83. The largest absolute Gasteiger partial charge is 0.480 e. The van der Waals surface area contributed by atoms with Crippen LogP contribution >= 0.6 is 11.3 Å². The highest BCUT2D eigenvalue weighted by atomic mass is 32.1. The van der Waals surface area contributed by atoms with Crippen LogP contribution in [0.25, 0.3) is 0 Å². The van der Waals surface area contributed by atoms with Crippen molar-refractivity contribution in [2.75, 3.05) is 6.54 Å². The van der Waals surface area contributed by atoms with Crippen molar-refractivity contribution in [1.29, 1.82) is 0 Å². The molecule has 1 saturated heterocycles. The van der Waals surface area contributed by atoms with E-state index in [4.69, 9.17) is 0 Å². The van der Waals surface area contributed by atoms with Crippen molar-refractivity contribution in [2.24, 2.45) is 0 Å². The predicted molar refractivity (Wildman–Crippen MR) is 74.7 cm³/mol. The van der Waals surface area contributed by atoms with Crippen LogP contribution in [0.1, 0.15) is 46.3 Å². The number of piperidine rings is 1. The van der Waals surface area contributed by atoms with Gasteiger partial charge >= 0.3 is 5.97 Å². The summed E-state index contributed by atoms with van der Waals surface area (Å²) in [5, 5.41) is 9.26. The van der Waals surface area contributed by atoms with E-state index in [0.29, 0.717) is 6.54 Å². The second-order valence-electron chi connectivity index (χ2n) is 5.07. The molecule has 104 valence electrons. The van der Waals surface area contributed by atoms with Gasteiger partial charge in [0.15, 0.2) is 5.78 Å². The summed E-state index contributed by atoms with van der Waals surface area (Å²) in [4.78, 5) is 26.5. The fourth-order valence-corrected chi connectivity index (χ4v) is 3.46. The van der Waals surface area contributed by atoms with E-state index in [1.807, 2.05) is 17.9 Å². The topological polar surface area (TPSA) is 57.6 Å². The summed E-state index contributed by atoms with van der Waals surface area (Å²) >= 11 is 1.50. The normalized spacial score (nSPS) is 20.4. The maximum Gasteiger partial charge on any atom is 0.320 e. The van der Waals surface area contributed by atoms with E-state index in [1.165, 1.54) is 11.3 Å². The highest BCUT2D eigenvalue weighted by Gasteiger charge is 2.28. The number of aryl methyl sites for hydroxylation is 1. The van der Waals surface area contributed by atoms with Crippen molar-refractivity contribution in [2.45, 2.75) is 45.7 Å². The van der Waals surface area contributed by atoms with Crippen LogP contribution in [-0.4, -0.2) is 34.3 Å². The Morgan fingerprint density at radius 2 is 2.21 bits per heavy atom. The monoisotopic (exact) mass is 281 g/mol. The molecule has 2 heterocycles. The summed E-state index contributed by atoms with van der Waals surface area (Å²) in [6.45, 7) is 5.01. The van der Waals surface area contributed by atoms with E-state index >= 15 is 0 Å². The molecular weight excluding hydrogens is 262 g/mol. The number of likely N-dealkylation sites (tertiary alicyclic amines) is 1. The van der Waals surface area contributed by atoms with Gasteiger partial charge in [-0.05, 0) is 44.9 Å². The fourth-order valence-electron chi connectivity index (χ4n) is 2.53. The van der Waals surface area contributed by atoms with Crippen molar-refractivity contribution in [3.63, 3.8) is 0 Å². The number of aliphatic carboxylic acids is 1. The fraction of sp³-hybridized carbons (Fsp3) is 0.571. The lowest BCUT2D eigenvalue weighted by Crippen LogP contribution is -2.44. The second-order valence-corrected chi connectivity index (χ2v) is 6.32. The minimum absolute atomic E-state index is 0.0766. The Balaban J connectivity index is 2.14. The van der Waals surface area contributed by atoms with Crippen molar-refractivity contribution in [1.82, 2.24) is 4.90 Å². The number of carboxylic acid groups (broad SMARTS) is 1. The van der Waals surface area contributed by atoms with Crippen molar-refractivity contribution in [3.8, 4) is 0 Å². The first kappa shape index (κ1) is 14.2. The molecule has 0 aromatic carbocycles. The number of carboxylic acids is 1. The van der Waals surface area contributed by atoms with Crippen LogP contribution in [0.3, 0.4) is 0 Å². The Bertz CT molecular complexity index is 495. The molecule has 0 spiro atoms. The summed E-state index contributed by atoms with van der Waals surface area (Å²) in [6, 6.07) is 1.53. The van der Waals surface area contributed by atoms with E-state index < -0.39 is 5.97 Å². The number of hydrogen-bond donors (Lipinski definition) is 1. The molecule has 0 bridgehead atoms. The van der Waals surface area contributed by atoms with Gasteiger partial charge in [0.25, 0.3) is 0 Å². The number of nitrogens with zero attached hydrogens (tertiary/aromatic N) is 1. The Labute approximate surface area is 117 Å². The molecule has 0 radical (unpaired) electrons. The highest BCUT2D eigenvalue weighted by Crippen LogP contribution is 2.26. The van der Waals surface area contributed by atoms with Gasteiger partial charge in [-0.25, -0.2) is 0 Å². The number of Topliss-reactive ketones (excluding diaryl/α,β-unsaturated/α-hetero) is 1. The Morgan fingerprint density at radius 1 is 1.47 bits per heavy atom. The molecule has 0 aliphatic carbocycles. The van der Waals surface area contributed by atoms with Crippen LogP contribution in [0, 0.1) is 6.92 Å². The van der Waals surface area contributed by atoms with Gasteiger partial charge in [0.1, 0.15) is 6.04 Å². The molecular formula is C14H19NO3S. The average Bonchev–Trinajstić information content (AvgIpc) is 2.72. The minimum Gasteiger partial charge on any atom is -0.480 e. The van der Waals surface area contributed by atoms with Crippen molar-refractivity contribution < 1.29 is 14.7 Å². The minimum atomic E-state index is -0.737. The lowest BCUT2D eigenvalue weighted by Gasteiger charge is -2.32. The summed E-state index contributed by atoms with van der Waals surface area (Å²) in [5.74, 6) is -0.660. The lowest BCUT2D eigenvalue weighted by atomic mass is 10.0. The van der Waals surface area contributed by atoms with Gasteiger partial charge < -0.3 is 5.11 Å². The molecule has 1 aromatic heterocycles. The van der Waals surface area contributed by atoms with Gasteiger partial charge in [-0.15, -0.1) is 11.3 Å². The Morgan fingerprint density at radius 3 is 2.79 bits per heavy atom. The third kappa shape index (κ3) is 3.22. The number of ketones is 1. The molecule has 1 aromatic rings. The Kier molecular flexibility index (Phi) is 4.37. The molecule has 19 heavy (non-hydrogen) atoms. The number of thiophene rings is 1. The van der Waals surface area contributed by atoms with Gasteiger partial charge in [-0.3, -0.25) is 14.5 Å². The number of carbonyl (C=O) groups is 2. The Hall–Kier alpha value is -1.20. The second kappa shape index (κ2) is 5.84. The number of hydrogen-bond acceptors (Lipinski definition) is 4. The van der Waals surface area contributed by atoms with Gasteiger partial charge in [0.05, 0.1) is 4.88 Å². The maximum absolute atomic E-state index is 11.4. The SMILES string of the molecule is CC(=O)c1cc(CN2CCCCC2C(=O)O)c(C)s1. The molecule has 1 unspecified atom stereocenters. The average molecular weight is 281 g/mol. The number of rotatable bonds is 4. The summed E-state index contributed by atoms with van der Waals surface area (Å²) in [5.41, 5.74) is 1.09.